The van der Waals surface area contributed by atoms with E-state index in [1.165, 1.54) is 60.5 Å². The van der Waals surface area contributed by atoms with Crippen molar-refractivity contribution in [3.8, 4) is 50.2 Å². The van der Waals surface area contributed by atoms with E-state index < -0.39 is 0 Å². The molecule has 0 bridgehead atoms. The molecule has 0 fully saturated rings. The molecule has 2 aromatic heterocycles. The molecule has 3 nitrogen and oxygen atoms in total. The lowest BCUT2D eigenvalue weighted by molar-refractivity contribution is 0.669. The van der Waals surface area contributed by atoms with Gasteiger partial charge in [0.2, 0.25) is 0 Å². The molecule has 0 aliphatic heterocycles. The molecule has 314 valence electrons. The van der Waals surface area contributed by atoms with Crippen molar-refractivity contribution in [1.29, 1.82) is 0 Å². The van der Waals surface area contributed by atoms with Crippen molar-refractivity contribution in [3.63, 3.8) is 0 Å². The Morgan fingerprint density at radius 2 is 0.776 bits per heavy atom. The van der Waals surface area contributed by atoms with E-state index in [-0.39, 0.29) is 0 Å². The summed E-state index contributed by atoms with van der Waals surface area (Å²) in [4.78, 5) is 2.38. The molecule has 3 heteroatoms. The van der Waals surface area contributed by atoms with Crippen LogP contribution in [0.25, 0.3) is 105 Å². The fourth-order valence-corrected chi connectivity index (χ4v) is 10.2. The predicted octanol–water partition coefficient (Wildman–Crippen LogP) is 18.0. The van der Waals surface area contributed by atoms with Crippen LogP contribution in [-0.4, -0.2) is 4.57 Å². The summed E-state index contributed by atoms with van der Waals surface area (Å²) in [6.45, 7) is 0. The van der Waals surface area contributed by atoms with Gasteiger partial charge in [0.1, 0.15) is 11.2 Å². The van der Waals surface area contributed by atoms with E-state index in [0.717, 1.165) is 61.3 Å². The van der Waals surface area contributed by atoms with Crippen LogP contribution in [0.4, 0.5) is 17.1 Å². The average molecular weight is 855 g/mol. The van der Waals surface area contributed by atoms with Gasteiger partial charge in [-0.15, -0.1) is 0 Å². The van der Waals surface area contributed by atoms with E-state index in [9.17, 15) is 0 Å². The van der Waals surface area contributed by atoms with Crippen molar-refractivity contribution in [2.24, 2.45) is 0 Å². The first kappa shape index (κ1) is 38.5. The van der Waals surface area contributed by atoms with Crippen LogP contribution < -0.4 is 4.90 Å². The monoisotopic (exact) mass is 854 g/mol. The lowest BCUT2D eigenvalue weighted by atomic mass is 9.97. The van der Waals surface area contributed by atoms with Gasteiger partial charge in [0.25, 0.3) is 0 Å². The Labute approximate surface area is 388 Å². The molecule has 0 saturated carbocycles. The van der Waals surface area contributed by atoms with Crippen LogP contribution in [0.3, 0.4) is 0 Å². The Bertz CT molecular complexity index is 3910. The molecule has 2 heterocycles. The minimum absolute atomic E-state index is 0.880. The fourth-order valence-electron chi connectivity index (χ4n) is 10.2. The van der Waals surface area contributed by atoms with Crippen LogP contribution in [0.2, 0.25) is 0 Å². The Morgan fingerprint density at radius 3 is 1.51 bits per heavy atom. The smallest absolute Gasteiger partial charge is 0.136 e. The van der Waals surface area contributed by atoms with Crippen molar-refractivity contribution in [2.45, 2.75) is 0 Å². The molecule has 67 heavy (non-hydrogen) atoms. The highest BCUT2D eigenvalue weighted by molar-refractivity contribution is 6.10. The second kappa shape index (κ2) is 16.0. The molecule has 0 saturated heterocycles. The zero-order valence-corrected chi connectivity index (χ0v) is 36.6. The van der Waals surface area contributed by atoms with Gasteiger partial charge in [-0.05, 0) is 111 Å². The molecule has 11 aromatic carbocycles. The van der Waals surface area contributed by atoms with E-state index in [2.05, 4.69) is 252 Å². The van der Waals surface area contributed by atoms with Crippen LogP contribution in [0.1, 0.15) is 0 Å². The third-order valence-corrected chi connectivity index (χ3v) is 13.4. The topological polar surface area (TPSA) is 21.3 Å². The zero-order valence-electron chi connectivity index (χ0n) is 36.6. The normalized spacial score (nSPS) is 11.6. The van der Waals surface area contributed by atoms with Crippen molar-refractivity contribution in [1.82, 2.24) is 4.57 Å². The summed E-state index contributed by atoms with van der Waals surface area (Å²) in [6.07, 6.45) is 0. The number of benzene rings is 11. The third-order valence-electron chi connectivity index (χ3n) is 13.4. The van der Waals surface area contributed by atoms with Gasteiger partial charge in [-0.2, -0.15) is 0 Å². The van der Waals surface area contributed by atoms with Crippen molar-refractivity contribution >= 4 is 71.6 Å². The van der Waals surface area contributed by atoms with Crippen LogP contribution in [0.15, 0.2) is 259 Å². The lowest BCUT2D eigenvalue weighted by Crippen LogP contribution is -2.11. The minimum atomic E-state index is 0.880. The molecule has 0 radical (unpaired) electrons. The van der Waals surface area contributed by atoms with E-state index in [0.29, 0.717) is 0 Å². The molecule has 0 spiro atoms. The maximum atomic E-state index is 6.40. The van der Waals surface area contributed by atoms with Crippen molar-refractivity contribution in [2.75, 3.05) is 4.90 Å². The molecular weight excluding hydrogens is 813 g/mol. The van der Waals surface area contributed by atoms with Crippen LogP contribution in [-0.2, 0) is 0 Å². The summed E-state index contributed by atoms with van der Waals surface area (Å²) < 4.78 is 8.80. The van der Waals surface area contributed by atoms with Crippen molar-refractivity contribution in [3.05, 3.63) is 255 Å². The number of aromatic nitrogens is 1. The van der Waals surface area contributed by atoms with E-state index >= 15 is 0 Å². The van der Waals surface area contributed by atoms with Crippen LogP contribution >= 0.6 is 0 Å². The van der Waals surface area contributed by atoms with Crippen molar-refractivity contribution < 1.29 is 4.42 Å². The number of anilines is 3. The Kier molecular flexibility index (Phi) is 9.17. The van der Waals surface area contributed by atoms with Crippen LogP contribution in [0, 0.1) is 0 Å². The third kappa shape index (κ3) is 6.59. The highest BCUT2D eigenvalue weighted by atomic mass is 16.3. The number of hydrogen-bond donors (Lipinski definition) is 0. The lowest BCUT2D eigenvalue weighted by Gasteiger charge is -2.28. The standard InChI is InChI=1S/C64H42N2O/c1-2-16-51-45(14-1)15-13-22-52(51)46-34-39-50(40-35-46)65(59-23-8-4-18-54(59)48-36-41-58-57-21-7-12-27-63(57)67-64(58)42-48)49-37-32-44(33-38-49)43-28-30-47(31-29-43)53-17-3-9-24-60(53)66-61-25-10-5-19-55(61)56-20-6-11-26-62(56)66/h1-42H. The molecular formula is C64H42N2O. The van der Waals surface area contributed by atoms with Gasteiger partial charge in [0, 0.05) is 44.0 Å². The zero-order chi connectivity index (χ0) is 44.3. The average Bonchev–Trinajstić information content (AvgIpc) is 3.95. The first-order valence-electron chi connectivity index (χ1n) is 22.9. The maximum absolute atomic E-state index is 6.40. The molecule has 0 amide bonds. The largest absolute Gasteiger partial charge is 0.456 e. The number of nitrogens with zero attached hydrogens (tertiary/aromatic N) is 2. The Morgan fingerprint density at radius 1 is 0.299 bits per heavy atom. The Hall–Kier alpha value is -8.92. The second-order valence-corrected chi connectivity index (χ2v) is 17.2. The minimum Gasteiger partial charge on any atom is -0.456 e. The quantitative estimate of drug-likeness (QED) is 0.152. The molecule has 0 aliphatic carbocycles. The number of fused-ring (bicyclic) bond motifs is 7. The molecule has 0 atom stereocenters. The van der Waals surface area contributed by atoms with Gasteiger partial charge in [-0.25, -0.2) is 0 Å². The summed E-state index contributed by atoms with van der Waals surface area (Å²) >= 11 is 0. The number of furan rings is 1. The SMILES string of the molecule is c1ccc(N(c2ccc(-c3ccc(-c4ccccc4-n4c5ccccc5c5ccccc54)cc3)cc2)c2ccc(-c3cccc4ccccc34)cc2)c(-c2ccc3c(c2)oc2ccccc23)c1. The van der Waals surface area contributed by atoms with Gasteiger partial charge >= 0.3 is 0 Å². The number of rotatable bonds is 8. The summed E-state index contributed by atoms with van der Waals surface area (Å²) in [5.41, 5.74) is 17.9. The van der Waals surface area contributed by atoms with Gasteiger partial charge in [0.15, 0.2) is 0 Å². The molecule has 13 aromatic rings. The Balaban J connectivity index is 0.881. The highest BCUT2D eigenvalue weighted by Crippen LogP contribution is 2.44. The first-order chi connectivity index (χ1) is 33.2. The van der Waals surface area contributed by atoms with Gasteiger partial charge in [0.05, 0.1) is 22.4 Å². The summed E-state index contributed by atoms with van der Waals surface area (Å²) in [7, 11) is 0. The molecule has 0 N–H and O–H groups in total. The summed E-state index contributed by atoms with van der Waals surface area (Å²) in [5.74, 6) is 0. The fraction of sp³-hybridized carbons (Fsp3) is 0. The second-order valence-electron chi connectivity index (χ2n) is 17.2. The number of para-hydroxylation sites is 5. The first-order valence-corrected chi connectivity index (χ1v) is 22.9. The molecule has 0 aliphatic rings. The summed E-state index contributed by atoms with van der Waals surface area (Å²) in [6, 6.07) is 91.9. The van der Waals surface area contributed by atoms with E-state index in [1.54, 1.807) is 0 Å². The maximum Gasteiger partial charge on any atom is 0.136 e. The summed E-state index contributed by atoms with van der Waals surface area (Å²) in [5, 5.41) is 7.25. The van der Waals surface area contributed by atoms with Gasteiger partial charge in [-0.3, -0.25) is 0 Å². The highest BCUT2D eigenvalue weighted by Gasteiger charge is 2.20. The number of hydrogen-bond acceptors (Lipinski definition) is 2. The van der Waals surface area contributed by atoms with Gasteiger partial charge in [-0.1, -0.05) is 188 Å². The van der Waals surface area contributed by atoms with Crippen LogP contribution in [0.5, 0.6) is 0 Å². The van der Waals surface area contributed by atoms with Gasteiger partial charge < -0.3 is 13.9 Å². The van der Waals surface area contributed by atoms with E-state index in [4.69, 9.17) is 4.42 Å². The molecule has 13 rings (SSSR count). The predicted molar refractivity (Wildman–Crippen MR) is 282 cm³/mol. The van der Waals surface area contributed by atoms with E-state index in [1.807, 2.05) is 12.1 Å². The molecule has 0 unspecified atom stereocenters.